The van der Waals surface area contributed by atoms with Crippen molar-refractivity contribution < 1.29 is 9.59 Å². The molecule has 0 aliphatic rings. The molecule has 0 heterocycles. The quantitative estimate of drug-likeness (QED) is 0.599. The largest absolute Gasteiger partial charge is 0.323 e. The Morgan fingerprint density at radius 1 is 0.630 bits per heavy atom. The molecule has 5 nitrogen and oxygen atoms in total. The molecular formula is C22H21N3O2. The molecule has 0 aromatic heterocycles. The van der Waals surface area contributed by atoms with Crippen molar-refractivity contribution in [2.75, 3.05) is 16.0 Å². The molecule has 0 bridgehead atoms. The Morgan fingerprint density at radius 2 is 1.22 bits per heavy atom. The number of rotatable bonds is 4. The van der Waals surface area contributed by atoms with E-state index in [9.17, 15) is 9.59 Å². The van der Waals surface area contributed by atoms with E-state index in [4.69, 9.17) is 0 Å². The van der Waals surface area contributed by atoms with Crippen molar-refractivity contribution in [1.29, 1.82) is 0 Å². The van der Waals surface area contributed by atoms with E-state index < -0.39 is 0 Å². The Balaban J connectivity index is 1.60. The summed E-state index contributed by atoms with van der Waals surface area (Å²) in [5.41, 5.74) is 4.88. The van der Waals surface area contributed by atoms with Gasteiger partial charge in [0.15, 0.2) is 0 Å². The number of benzene rings is 3. The third-order valence-corrected chi connectivity index (χ3v) is 4.20. The molecule has 27 heavy (non-hydrogen) atoms. The number of para-hydroxylation sites is 1. The minimum Gasteiger partial charge on any atom is -0.322 e. The molecule has 5 heteroatoms. The molecule has 136 valence electrons. The van der Waals surface area contributed by atoms with Crippen LogP contribution in [-0.2, 0) is 0 Å². The predicted octanol–water partition coefficient (Wildman–Crippen LogP) is 5.20. The summed E-state index contributed by atoms with van der Waals surface area (Å²) < 4.78 is 0. The van der Waals surface area contributed by atoms with Crippen LogP contribution in [0.15, 0.2) is 72.8 Å². The molecule has 0 spiro atoms. The average molecular weight is 359 g/mol. The molecule has 3 amide bonds. The van der Waals surface area contributed by atoms with Gasteiger partial charge in [0.1, 0.15) is 0 Å². The maximum atomic E-state index is 12.4. The van der Waals surface area contributed by atoms with E-state index in [1.165, 1.54) is 5.56 Å². The maximum Gasteiger partial charge on any atom is 0.323 e. The normalized spacial score (nSPS) is 10.1. The molecule has 3 rings (SSSR count). The molecule has 0 saturated carbocycles. The van der Waals surface area contributed by atoms with Gasteiger partial charge in [0.05, 0.1) is 0 Å². The number of anilines is 3. The van der Waals surface area contributed by atoms with Crippen LogP contribution in [-0.4, -0.2) is 11.9 Å². The standard InChI is InChI=1S/C22H21N3O2/c1-15-8-11-20(14-16(15)2)23-21(26)17-9-12-19(13-10-17)25-22(27)24-18-6-4-3-5-7-18/h3-14H,1-2H3,(H,23,26)(H2,24,25,27). The summed E-state index contributed by atoms with van der Waals surface area (Å²) in [6, 6.07) is 21.4. The van der Waals surface area contributed by atoms with Crippen molar-refractivity contribution in [1.82, 2.24) is 0 Å². The molecule has 0 fully saturated rings. The minimum atomic E-state index is -0.339. The van der Waals surface area contributed by atoms with Crippen molar-refractivity contribution in [2.45, 2.75) is 13.8 Å². The first-order chi connectivity index (χ1) is 13.0. The summed E-state index contributed by atoms with van der Waals surface area (Å²) in [6.07, 6.45) is 0. The summed E-state index contributed by atoms with van der Waals surface area (Å²) in [6.45, 7) is 4.03. The van der Waals surface area contributed by atoms with Gasteiger partial charge in [-0.15, -0.1) is 0 Å². The fourth-order valence-electron chi connectivity index (χ4n) is 2.54. The number of hydrogen-bond donors (Lipinski definition) is 3. The fourth-order valence-corrected chi connectivity index (χ4v) is 2.54. The van der Waals surface area contributed by atoms with Crippen LogP contribution in [0.4, 0.5) is 21.9 Å². The maximum absolute atomic E-state index is 12.4. The van der Waals surface area contributed by atoms with Crippen LogP contribution >= 0.6 is 0 Å². The zero-order valence-corrected chi connectivity index (χ0v) is 15.2. The van der Waals surface area contributed by atoms with E-state index in [0.29, 0.717) is 16.9 Å². The van der Waals surface area contributed by atoms with Gasteiger partial charge < -0.3 is 16.0 Å². The molecule has 0 unspecified atom stereocenters. The van der Waals surface area contributed by atoms with Crippen LogP contribution in [0.25, 0.3) is 0 Å². The number of carbonyl (C=O) groups excluding carboxylic acids is 2. The van der Waals surface area contributed by atoms with Gasteiger partial charge in [-0.25, -0.2) is 4.79 Å². The third kappa shape index (κ3) is 4.95. The van der Waals surface area contributed by atoms with E-state index >= 15 is 0 Å². The molecule has 0 aliphatic heterocycles. The zero-order chi connectivity index (χ0) is 19.2. The highest BCUT2D eigenvalue weighted by Crippen LogP contribution is 2.16. The topological polar surface area (TPSA) is 70.2 Å². The van der Waals surface area contributed by atoms with Crippen molar-refractivity contribution in [2.24, 2.45) is 0 Å². The summed E-state index contributed by atoms with van der Waals surface area (Å²) in [4.78, 5) is 24.4. The second-order valence-corrected chi connectivity index (χ2v) is 6.28. The lowest BCUT2D eigenvalue weighted by molar-refractivity contribution is 0.102. The minimum absolute atomic E-state index is 0.196. The van der Waals surface area contributed by atoms with E-state index in [1.54, 1.807) is 36.4 Å². The van der Waals surface area contributed by atoms with Gasteiger partial charge in [-0.2, -0.15) is 0 Å². The van der Waals surface area contributed by atoms with Crippen LogP contribution in [0.1, 0.15) is 21.5 Å². The Kier molecular flexibility index (Phi) is 5.52. The number of nitrogens with one attached hydrogen (secondary N) is 3. The highest BCUT2D eigenvalue weighted by atomic mass is 16.2. The lowest BCUT2D eigenvalue weighted by Gasteiger charge is -2.10. The number of aryl methyl sites for hydroxylation is 2. The van der Waals surface area contributed by atoms with Crippen molar-refractivity contribution in [3.05, 3.63) is 89.5 Å². The van der Waals surface area contributed by atoms with Gasteiger partial charge in [0.2, 0.25) is 0 Å². The summed E-state index contributed by atoms with van der Waals surface area (Å²) in [7, 11) is 0. The van der Waals surface area contributed by atoms with Gasteiger partial charge >= 0.3 is 6.03 Å². The van der Waals surface area contributed by atoms with Gasteiger partial charge in [0.25, 0.3) is 5.91 Å². The van der Waals surface area contributed by atoms with Gasteiger partial charge in [0, 0.05) is 22.6 Å². The smallest absolute Gasteiger partial charge is 0.322 e. The van der Waals surface area contributed by atoms with Crippen LogP contribution in [0.2, 0.25) is 0 Å². The summed E-state index contributed by atoms with van der Waals surface area (Å²) >= 11 is 0. The van der Waals surface area contributed by atoms with Gasteiger partial charge in [-0.1, -0.05) is 24.3 Å². The van der Waals surface area contributed by atoms with Crippen molar-refractivity contribution in [3.8, 4) is 0 Å². The van der Waals surface area contributed by atoms with Crippen LogP contribution in [0.3, 0.4) is 0 Å². The number of hydrogen-bond acceptors (Lipinski definition) is 2. The Morgan fingerprint density at radius 3 is 1.85 bits per heavy atom. The van der Waals surface area contributed by atoms with E-state index in [2.05, 4.69) is 16.0 Å². The Hall–Kier alpha value is -3.60. The molecule has 3 aromatic carbocycles. The highest BCUT2D eigenvalue weighted by Gasteiger charge is 2.08. The van der Waals surface area contributed by atoms with Crippen LogP contribution in [0, 0.1) is 13.8 Å². The first-order valence-electron chi connectivity index (χ1n) is 8.63. The van der Waals surface area contributed by atoms with Gasteiger partial charge in [-0.3, -0.25) is 4.79 Å². The molecule has 0 atom stereocenters. The van der Waals surface area contributed by atoms with E-state index in [0.717, 1.165) is 11.3 Å². The second kappa shape index (κ2) is 8.19. The lowest BCUT2D eigenvalue weighted by Crippen LogP contribution is -2.19. The Bertz CT molecular complexity index is 951. The molecule has 3 N–H and O–H groups in total. The highest BCUT2D eigenvalue weighted by molar-refractivity contribution is 6.05. The van der Waals surface area contributed by atoms with Crippen LogP contribution < -0.4 is 16.0 Å². The number of urea groups is 1. The molecule has 0 saturated heterocycles. The SMILES string of the molecule is Cc1ccc(NC(=O)c2ccc(NC(=O)Nc3ccccc3)cc2)cc1C. The lowest BCUT2D eigenvalue weighted by atomic mass is 10.1. The van der Waals surface area contributed by atoms with Gasteiger partial charge in [-0.05, 0) is 73.5 Å². The summed E-state index contributed by atoms with van der Waals surface area (Å²) in [5, 5.41) is 8.36. The molecule has 0 radical (unpaired) electrons. The average Bonchev–Trinajstić information content (AvgIpc) is 2.66. The van der Waals surface area contributed by atoms with E-state index in [1.807, 2.05) is 50.2 Å². The van der Waals surface area contributed by atoms with Crippen LogP contribution in [0.5, 0.6) is 0 Å². The van der Waals surface area contributed by atoms with E-state index in [-0.39, 0.29) is 11.9 Å². The Labute approximate surface area is 158 Å². The number of amides is 3. The summed E-state index contributed by atoms with van der Waals surface area (Å²) in [5.74, 6) is -0.196. The first kappa shape index (κ1) is 18.2. The monoisotopic (exact) mass is 359 g/mol. The molecule has 0 aliphatic carbocycles. The molecular weight excluding hydrogens is 338 g/mol. The predicted molar refractivity (Wildman–Crippen MR) is 109 cm³/mol. The third-order valence-electron chi connectivity index (χ3n) is 4.20. The fraction of sp³-hybridized carbons (Fsp3) is 0.0909. The first-order valence-corrected chi connectivity index (χ1v) is 8.63. The number of carbonyl (C=O) groups is 2. The van der Waals surface area contributed by atoms with Crippen molar-refractivity contribution >= 4 is 29.0 Å². The molecule has 3 aromatic rings. The van der Waals surface area contributed by atoms with Crippen molar-refractivity contribution in [3.63, 3.8) is 0 Å². The second-order valence-electron chi connectivity index (χ2n) is 6.28. The zero-order valence-electron chi connectivity index (χ0n) is 15.2.